The second-order valence-electron chi connectivity index (χ2n) is 7.23. The molecular formula is C25H20N4OS. The number of aliphatic imine (C=N–C) groups is 1. The molecule has 0 bridgehead atoms. The summed E-state index contributed by atoms with van der Waals surface area (Å²) in [4.78, 5) is 24.7. The maximum atomic E-state index is 13.5. The Labute approximate surface area is 185 Å². The van der Waals surface area contributed by atoms with Crippen LogP contribution >= 0.6 is 11.8 Å². The van der Waals surface area contributed by atoms with Gasteiger partial charge < -0.3 is 10.2 Å². The zero-order valence-electron chi connectivity index (χ0n) is 16.9. The number of anilines is 1. The van der Waals surface area contributed by atoms with E-state index >= 15 is 0 Å². The standard InChI is InChI=1S/C25H20N4OS/c1-17-22(24(30)28-21-14-8-9-15-26-21)23(19-12-6-3-7-13-19)29-20(16-31-25(29)27-17)18-10-4-2-5-11-18/h2-16,23H,1H3,(H,26,28,30). The van der Waals surface area contributed by atoms with Crippen molar-refractivity contribution in [3.8, 4) is 0 Å². The molecule has 3 aromatic rings. The van der Waals surface area contributed by atoms with Crippen molar-refractivity contribution in [3.05, 3.63) is 113 Å². The van der Waals surface area contributed by atoms with Crippen LogP contribution in [0.2, 0.25) is 0 Å². The summed E-state index contributed by atoms with van der Waals surface area (Å²) >= 11 is 1.58. The minimum atomic E-state index is -0.293. The van der Waals surface area contributed by atoms with E-state index in [9.17, 15) is 4.79 Å². The molecule has 3 heterocycles. The van der Waals surface area contributed by atoms with E-state index in [0.717, 1.165) is 22.0 Å². The molecule has 0 radical (unpaired) electrons. The quantitative estimate of drug-likeness (QED) is 0.605. The Bertz CT molecular complexity index is 1200. The third kappa shape index (κ3) is 3.66. The van der Waals surface area contributed by atoms with Crippen LogP contribution in [0.5, 0.6) is 0 Å². The number of nitrogens with one attached hydrogen (secondary N) is 1. The van der Waals surface area contributed by atoms with Crippen molar-refractivity contribution in [1.29, 1.82) is 0 Å². The fourth-order valence-corrected chi connectivity index (χ4v) is 4.84. The Morgan fingerprint density at radius 1 is 0.968 bits per heavy atom. The topological polar surface area (TPSA) is 57.6 Å². The molecule has 1 unspecified atom stereocenters. The second-order valence-corrected chi connectivity index (χ2v) is 8.07. The van der Waals surface area contributed by atoms with E-state index in [0.29, 0.717) is 17.1 Å². The molecule has 2 aliphatic heterocycles. The smallest absolute Gasteiger partial charge is 0.257 e. The third-order valence-corrected chi connectivity index (χ3v) is 6.10. The Balaban J connectivity index is 1.60. The van der Waals surface area contributed by atoms with E-state index in [-0.39, 0.29) is 11.9 Å². The summed E-state index contributed by atoms with van der Waals surface area (Å²) in [5, 5.41) is 5.93. The third-order valence-electron chi connectivity index (χ3n) is 5.26. The molecule has 0 aliphatic carbocycles. The first kappa shape index (κ1) is 19.3. The number of rotatable bonds is 4. The molecule has 2 aliphatic rings. The highest BCUT2D eigenvalue weighted by Crippen LogP contribution is 2.46. The molecule has 0 saturated heterocycles. The molecule has 1 N–H and O–H groups in total. The predicted molar refractivity (Wildman–Crippen MR) is 126 cm³/mol. The first-order chi connectivity index (χ1) is 15.2. The SMILES string of the molecule is CC1=C(C(=O)Nc2ccccn2)C(c2ccccc2)N2C(c3ccccc3)=CSC2=N1. The first-order valence-electron chi connectivity index (χ1n) is 10.0. The van der Waals surface area contributed by atoms with Gasteiger partial charge in [-0.3, -0.25) is 4.79 Å². The lowest BCUT2D eigenvalue weighted by atomic mass is 9.93. The van der Waals surface area contributed by atoms with Gasteiger partial charge in [-0.2, -0.15) is 0 Å². The van der Waals surface area contributed by atoms with E-state index in [4.69, 9.17) is 4.99 Å². The number of carbonyl (C=O) groups is 1. The van der Waals surface area contributed by atoms with E-state index in [1.807, 2.05) is 55.5 Å². The van der Waals surface area contributed by atoms with Crippen molar-refractivity contribution < 1.29 is 4.79 Å². The average molecular weight is 425 g/mol. The number of aromatic nitrogens is 1. The van der Waals surface area contributed by atoms with Crippen molar-refractivity contribution in [2.24, 2.45) is 4.99 Å². The number of nitrogens with zero attached hydrogens (tertiary/aromatic N) is 3. The van der Waals surface area contributed by atoms with Crippen molar-refractivity contribution in [1.82, 2.24) is 9.88 Å². The Morgan fingerprint density at radius 2 is 1.68 bits per heavy atom. The number of thioether (sulfide) groups is 1. The predicted octanol–water partition coefficient (Wildman–Crippen LogP) is 5.45. The van der Waals surface area contributed by atoms with Crippen LogP contribution in [0.1, 0.15) is 24.1 Å². The van der Waals surface area contributed by atoms with Gasteiger partial charge in [0.1, 0.15) is 5.82 Å². The lowest BCUT2D eigenvalue weighted by Crippen LogP contribution is -2.37. The molecule has 1 aromatic heterocycles. The number of amides is 1. The summed E-state index contributed by atoms with van der Waals surface area (Å²) in [6.45, 7) is 1.90. The number of benzene rings is 2. The van der Waals surface area contributed by atoms with E-state index in [1.165, 1.54) is 0 Å². The summed E-state index contributed by atoms with van der Waals surface area (Å²) in [5.41, 5.74) is 4.48. The van der Waals surface area contributed by atoms with Crippen LogP contribution in [0.4, 0.5) is 5.82 Å². The molecule has 5 rings (SSSR count). The zero-order chi connectivity index (χ0) is 21.2. The minimum absolute atomic E-state index is 0.197. The summed E-state index contributed by atoms with van der Waals surface area (Å²) in [6.07, 6.45) is 1.66. The normalized spacial score (nSPS) is 17.7. The van der Waals surface area contributed by atoms with Gasteiger partial charge >= 0.3 is 0 Å². The number of amidine groups is 1. The fraction of sp³-hybridized carbons (Fsp3) is 0.0800. The zero-order valence-corrected chi connectivity index (χ0v) is 17.7. The lowest BCUT2D eigenvalue weighted by molar-refractivity contribution is -0.113. The second kappa shape index (κ2) is 8.24. The first-order valence-corrected chi connectivity index (χ1v) is 10.9. The van der Waals surface area contributed by atoms with E-state index in [2.05, 4.69) is 44.9 Å². The lowest BCUT2D eigenvalue weighted by Gasteiger charge is -2.36. The Hall–Kier alpha value is -3.64. The van der Waals surface area contributed by atoms with Gasteiger partial charge in [0.2, 0.25) is 0 Å². The molecule has 0 spiro atoms. The number of carbonyl (C=O) groups excluding carboxylic acids is 1. The summed E-state index contributed by atoms with van der Waals surface area (Å²) in [5.74, 6) is 0.321. The number of allylic oxidation sites excluding steroid dienone is 1. The summed E-state index contributed by atoms with van der Waals surface area (Å²) in [7, 11) is 0. The van der Waals surface area contributed by atoms with Crippen LogP contribution in [-0.4, -0.2) is 21.0 Å². The molecule has 0 saturated carbocycles. The van der Waals surface area contributed by atoms with Gasteiger partial charge in [0.05, 0.1) is 23.0 Å². The number of pyridine rings is 1. The minimum Gasteiger partial charge on any atom is -0.308 e. The van der Waals surface area contributed by atoms with E-state index < -0.39 is 0 Å². The van der Waals surface area contributed by atoms with Crippen molar-refractivity contribution in [2.45, 2.75) is 13.0 Å². The van der Waals surface area contributed by atoms with Crippen LogP contribution in [0.15, 0.2) is 107 Å². The molecule has 152 valence electrons. The van der Waals surface area contributed by atoms with Crippen LogP contribution in [0.3, 0.4) is 0 Å². The van der Waals surface area contributed by atoms with Gasteiger partial charge in [-0.1, -0.05) is 78.5 Å². The molecule has 0 fully saturated rings. The molecule has 31 heavy (non-hydrogen) atoms. The monoisotopic (exact) mass is 424 g/mol. The average Bonchev–Trinajstić information content (AvgIpc) is 3.23. The van der Waals surface area contributed by atoms with Crippen molar-refractivity contribution >= 4 is 34.4 Å². The summed E-state index contributed by atoms with van der Waals surface area (Å²) < 4.78 is 0. The highest BCUT2D eigenvalue weighted by Gasteiger charge is 2.40. The Morgan fingerprint density at radius 3 is 2.39 bits per heavy atom. The Kier molecular flexibility index (Phi) is 5.14. The summed E-state index contributed by atoms with van der Waals surface area (Å²) in [6, 6.07) is 25.5. The van der Waals surface area contributed by atoms with Gasteiger partial charge in [0.15, 0.2) is 5.17 Å². The molecule has 1 atom stereocenters. The maximum absolute atomic E-state index is 13.5. The van der Waals surface area contributed by atoms with Gasteiger partial charge in [-0.05, 0) is 30.2 Å². The molecule has 1 amide bonds. The van der Waals surface area contributed by atoms with Crippen molar-refractivity contribution in [2.75, 3.05) is 5.32 Å². The van der Waals surface area contributed by atoms with Crippen LogP contribution in [-0.2, 0) is 4.79 Å². The van der Waals surface area contributed by atoms with Gasteiger partial charge in [0, 0.05) is 11.6 Å². The van der Waals surface area contributed by atoms with Crippen LogP contribution in [0.25, 0.3) is 5.70 Å². The molecule has 2 aromatic carbocycles. The van der Waals surface area contributed by atoms with Gasteiger partial charge in [-0.25, -0.2) is 9.98 Å². The van der Waals surface area contributed by atoms with Crippen LogP contribution < -0.4 is 5.32 Å². The van der Waals surface area contributed by atoms with Gasteiger partial charge in [-0.15, -0.1) is 0 Å². The highest BCUT2D eigenvalue weighted by molar-refractivity contribution is 8.16. The molecule has 6 heteroatoms. The van der Waals surface area contributed by atoms with Crippen LogP contribution in [0, 0.1) is 0 Å². The molecule has 5 nitrogen and oxygen atoms in total. The number of hydrogen-bond acceptors (Lipinski definition) is 5. The number of hydrogen-bond donors (Lipinski definition) is 1. The maximum Gasteiger partial charge on any atom is 0.257 e. The number of fused-ring (bicyclic) bond motifs is 1. The molecular weight excluding hydrogens is 404 g/mol. The van der Waals surface area contributed by atoms with Gasteiger partial charge in [0.25, 0.3) is 5.91 Å². The largest absolute Gasteiger partial charge is 0.308 e. The fourth-order valence-electron chi connectivity index (χ4n) is 3.86. The van der Waals surface area contributed by atoms with E-state index in [1.54, 1.807) is 24.0 Å². The highest BCUT2D eigenvalue weighted by atomic mass is 32.2. The van der Waals surface area contributed by atoms with Crippen molar-refractivity contribution in [3.63, 3.8) is 0 Å².